The number of likely N-dealkylation sites (tertiary alicyclic amines) is 1. The summed E-state index contributed by atoms with van der Waals surface area (Å²) in [6.07, 6.45) is 5.53. The standard InChI is InChI=1S/C21H23FN6O/c1-15-17(20(29)23-10-13-27-11-4-5-12-27)14-25-28(15)21-24-9-8-19(26-21)16-6-2-3-7-18(16)22/h2-3,6-9,14H,4-5,10-13H2,1H3,(H,23,29). The van der Waals surface area contributed by atoms with Gasteiger partial charge in [-0.15, -0.1) is 0 Å². The molecule has 7 nitrogen and oxygen atoms in total. The van der Waals surface area contributed by atoms with E-state index < -0.39 is 0 Å². The number of amides is 1. The summed E-state index contributed by atoms with van der Waals surface area (Å²) in [4.78, 5) is 23.6. The number of halogens is 1. The maximum atomic E-state index is 14.1. The highest BCUT2D eigenvalue weighted by Crippen LogP contribution is 2.21. The second kappa shape index (κ2) is 8.48. The Balaban J connectivity index is 1.50. The van der Waals surface area contributed by atoms with Gasteiger partial charge in [0.05, 0.1) is 23.1 Å². The lowest BCUT2D eigenvalue weighted by molar-refractivity contribution is 0.0949. The van der Waals surface area contributed by atoms with Gasteiger partial charge in [0, 0.05) is 24.8 Å². The molecule has 1 saturated heterocycles. The Morgan fingerprint density at radius 1 is 1.21 bits per heavy atom. The third-order valence-electron chi connectivity index (χ3n) is 5.15. The highest BCUT2D eigenvalue weighted by Gasteiger charge is 2.18. The van der Waals surface area contributed by atoms with Crippen molar-refractivity contribution < 1.29 is 9.18 Å². The summed E-state index contributed by atoms with van der Waals surface area (Å²) >= 11 is 0. The number of hydrogen-bond donors (Lipinski definition) is 1. The first kappa shape index (κ1) is 19.2. The van der Waals surface area contributed by atoms with E-state index in [2.05, 4.69) is 25.3 Å². The second-order valence-corrected chi connectivity index (χ2v) is 7.08. The number of nitrogens with zero attached hydrogens (tertiary/aromatic N) is 5. The monoisotopic (exact) mass is 394 g/mol. The molecule has 2 aromatic heterocycles. The van der Waals surface area contributed by atoms with Crippen molar-refractivity contribution in [3.63, 3.8) is 0 Å². The van der Waals surface area contributed by atoms with Gasteiger partial charge >= 0.3 is 0 Å². The first-order valence-corrected chi connectivity index (χ1v) is 9.77. The third kappa shape index (κ3) is 4.17. The molecule has 1 aliphatic heterocycles. The maximum Gasteiger partial charge on any atom is 0.254 e. The van der Waals surface area contributed by atoms with Crippen LogP contribution >= 0.6 is 0 Å². The van der Waals surface area contributed by atoms with Gasteiger partial charge in [-0.3, -0.25) is 4.79 Å². The van der Waals surface area contributed by atoms with Crippen LogP contribution in [0.3, 0.4) is 0 Å². The molecule has 0 saturated carbocycles. The van der Waals surface area contributed by atoms with E-state index in [9.17, 15) is 9.18 Å². The molecule has 0 bridgehead atoms. The minimum absolute atomic E-state index is 0.168. The van der Waals surface area contributed by atoms with Crippen molar-refractivity contribution in [3.8, 4) is 17.2 Å². The molecule has 1 aliphatic rings. The molecule has 1 fully saturated rings. The zero-order valence-corrected chi connectivity index (χ0v) is 16.3. The van der Waals surface area contributed by atoms with E-state index in [1.54, 1.807) is 37.4 Å². The molecule has 3 aromatic rings. The van der Waals surface area contributed by atoms with Gasteiger partial charge in [-0.25, -0.2) is 19.0 Å². The van der Waals surface area contributed by atoms with Crippen LogP contribution < -0.4 is 5.32 Å². The molecule has 0 atom stereocenters. The van der Waals surface area contributed by atoms with Crippen molar-refractivity contribution in [1.82, 2.24) is 30.0 Å². The fourth-order valence-electron chi connectivity index (χ4n) is 3.53. The number of carbonyl (C=O) groups is 1. The number of hydrogen-bond acceptors (Lipinski definition) is 5. The molecule has 0 radical (unpaired) electrons. The van der Waals surface area contributed by atoms with Crippen LogP contribution in [-0.4, -0.2) is 56.7 Å². The van der Waals surface area contributed by atoms with Gasteiger partial charge in [0.2, 0.25) is 0 Å². The second-order valence-electron chi connectivity index (χ2n) is 7.08. The van der Waals surface area contributed by atoms with Crippen molar-refractivity contribution in [2.45, 2.75) is 19.8 Å². The third-order valence-corrected chi connectivity index (χ3v) is 5.15. The summed E-state index contributed by atoms with van der Waals surface area (Å²) < 4.78 is 15.6. The lowest BCUT2D eigenvalue weighted by Gasteiger charge is -2.14. The molecule has 1 amide bonds. The van der Waals surface area contributed by atoms with Gasteiger partial charge in [-0.1, -0.05) is 12.1 Å². The van der Waals surface area contributed by atoms with E-state index in [0.29, 0.717) is 35.0 Å². The maximum absolute atomic E-state index is 14.1. The van der Waals surface area contributed by atoms with E-state index in [1.807, 2.05) is 0 Å². The molecule has 29 heavy (non-hydrogen) atoms. The highest BCUT2D eigenvalue weighted by atomic mass is 19.1. The minimum Gasteiger partial charge on any atom is -0.351 e. The molecule has 1 N–H and O–H groups in total. The van der Waals surface area contributed by atoms with Gasteiger partial charge < -0.3 is 10.2 Å². The van der Waals surface area contributed by atoms with Gasteiger partial charge in [0.25, 0.3) is 11.9 Å². The smallest absolute Gasteiger partial charge is 0.254 e. The molecule has 1 aromatic carbocycles. The van der Waals surface area contributed by atoms with Crippen LogP contribution in [-0.2, 0) is 0 Å². The Hall–Kier alpha value is -3.13. The predicted molar refractivity (Wildman–Crippen MR) is 107 cm³/mol. The Morgan fingerprint density at radius 2 is 2.00 bits per heavy atom. The quantitative estimate of drug-likeness (QED) is 0.696. The number of benzene rings is 1. The molecule has 150 valence electrons. The van der Waals surface area contributed by atoms with Gasteiger partial charge in [-0.05, 0) is 51.1 Å². The Bertz CT molecular complexity index is 1010. The highest BCUT2D eigenvalue weighted by molar-refractivity contribution is 5.95. The zero-order valence-electron chi connectivity index (χ0n) is 16.3. The van der Waals surface area contributed by atoms with Crippen molar-refractivity contribution in [2.75, 3.05) is 26.2 Å². The largest absolute Gasteiger partial charge is 0.351 e. The van der Waals surface area contributed by atoms with Crippen LogP contribution in [0.5, 0.6) is 0 Å². The topological polar surface area (TPSA) is 75.9 Å². The van der Waals surface area contributed by atoms with Crippen LogP contribution in [0, 0.1) is 12.7 Å². The summed E-state index contributed by atoms with van der Waals surface area (Å²) in [7, 11) is 0. The molecule has 0 aliphatic carbocycles. The molecule has 4 rings (SSSR count). The molecule has 0 spiro atoms. The van der Waals surface area contributed by atoms with Crippen molar-refractivity contribution in [1.29, 1.82) is 0 Å². The lowest BCUT2D eigenvalue weighted by atomic mass is 10.1. The van der Waals surface area contributed by atoms with E-state index in [4.69, 9.17) is 0 Å². The molecule has 3 heterocycles. The normalized spacial score (nSPS) is 14.3. The molecular weight excluding hydrogens is 371 g/mol. The summed E-state index contributed by atoms with van der Waals surface area (Å²) in [5.41, 5.74) is 1.96. The number of rotatable bonds is 6. The van der Waals surface area contributed by atoms with Crippen LogP contribution in [0.15, 0.2) is 42.7 Å². The van der Waals surface area contributed by atoms with Crippen LogP contribution in [0.4, 0.5) is 4.39 Å². The number of aromatic nitrogens is 4. The molecular formula is C21H23FN6O. The first-order valence-electron chi connectivity index (χ1n) is 9.77. The van der Waals surface area contributed by atoms with Crippen molar-refractivity contribution >= 4 is 5.91 Å². The fourth-order valence-corrected chi connectivity index (χ4v) is 3.53. The van der Waals surface area contributed by atoms with E-state index in [1.165, 1.54) is 29.8 Å². The van der Waals surface area contributed by atoms with Crippen LogP contribution in [0.1, 0.15) is 28.9 Å². The van der Waals surface area contributed by atoms with Crippen LogP contribution in [0.2, 0.25) is 0 Å². The van der Waals surface area contributed by atoms with Crippen LogP contribution in [0.25, 0.3) is 17.2 Å². The lowest BCUT2D eigenvalue weighted by Crippen LogP contribution is -2.33. The summed E-state index contributed by atoms with van der Waals surface area (Å²) in [6.45, 7) is 5.45. The number of carbonyl (C=O) groups excluding carboxylic acids is 1. The predicted octanol–water partition coefficient (Wildman–Crippen LogP) is 2.60. The van der Waals surface area contributed by atoms with E-state index in [0.717, 1.165) is 19.6 Å². The van der Waals surface area contributed by atoms with Crippen molar-refractivity contribution in [2.24, 2.45) is 0 Å². The average molecular weight is 394 g/mol. The van der Waals surface area contributed by atoms with Crippen molar-refractivity contribution in [3.05, 3.63) is 59.8 Å². The number of nitrogens with one attached hydrogen (secondary N) is 1. The molecule has 0 unspecified atom stereocenters. The summed E-state index contributed by atoms with van der Waals surface area (Å²) in [5, 5.41) is 7.23. The van der Waals surface area contributed by atoms with E-state index in [-0.39, 0.29) is 11.7 Å². The molecule has 8 heteroatoms. The Morgan fingerprint density at radius 3 is 2.79 bits per heavy atom. The van der Waals surface area contributed by atoms with Gasteiger partial charge in [0.1, 0.15) is 5.82 Å². The van der Waals surface area contributed by atoms with Gasteiger partial charge in [0.15, 0.2) is 0 Å². The summed E-state index contributed by atoms with van der Waals surface area (Å²) in [6, 6.07) is 8.08. The summed E-state index contributed by atoms with van der Waals surface area (Å²) in [5.74, 6) is -0.231. The fraction of sp³-hybridized carbons (Fsp3) is 0.333. The Kier molecular flexibility index (Phi) is 5.62. The van der Waals surface area contributed by atoms with Gasteiger partial charge in [-0.2, -0.15) is 5.10 Å². The SMILES string of the molecule is Cc1c(C(=O)NCCN2CCCC2)cnn1-c1nccc(-c2ccccc2F)n1. The van der Waals surface area contributed by atoms with E-state index >= 15 is 0 Å². The zero-order chi connectivity index (χ0) is 20.2. The minimum atomic E-state index is -0.354. The average Bonchev–Trinajstić information content (AvgIpc) is 3.38. The Labute approximate surface area is 168 Å². The first-order chi connectivity index (χ1) is 14.1.